The van der Waals surface area contributed by atoms with E-state index in [4.69, 9.17) is 0 Å². The van der Waals surface area contributed by atoms with E-state index in [2.05, 4.69) is 43.2 Å². The van der Waals surface area contributed by atoms with Crippen LogP contribution in [0.15, 0.2) is 29.6 Å². The highest BCUT2D eigenvalue weighted by atomic mass is 32.2. The van der Waals surface area contributed by atoms with E-state index in [1.54, 1.807) is 18.5 Å². The molecular weight excluding hydrogens is 340 g/mol. The molecule has 8 nitrogen and oxygen atoms in total. The number of hydrogen-bond donors (Lipinski definition) is 1. The lowest BCUT2D eigenvalue weighted by Crippen LogP contribution is -2.36. The van der Waals surface area contributed by atoms with Gasteiger partial charge in [-0.2, -0.15) is 0 Å². The highest BCUT2D eigenvalue weighted by Gasteiger charge is 2.26. The molecule has 1 saturated heterocycles. The summed E-state index contributed by atoms with van der Waals surface area (Å²) in [5.41, 5.74) is 0. The fourth-order valence-electron chi connectivity index (χ4n) is 3.17. The Kier molecular flexibility index (Phi) is 5.05. The van der Waals surface area contributed by atoms with Gasteiger partial charge < -0.3 is 9.47 Å². The van der Waals surface area contributed by atoms with Crippen LogP contribution >= 0.6 is 0 Å². The normalized spacial score (nSPS) is 18.7. The van der Waals surface area contributed by atoms with Crippen molar-refractivity contribution in [1.82, 2.24) is 24.5 Å². The molecule has 0 radical (unpaired) electrons. The summed E-state index contributed by atoms with van der Waals surface area (Å²) in [5, 5.41) is 8.39. The van der Waals surface area contributed by atoms with Crippen LogP contribution in [0.1, 0.15) is 44.5 Å². The van der Waals surface area contributed by atoms with Crippen LogP contribution in [0.5, 0.6) is 0 Å². The van der Waals surface area contributed by atoms with Gasteiger partial charge in [0.25, 0.3) is 0 Å². The molecule has 1 fully saturated rings. The first-order valence-electron chi connectivity index (χ1n) is 8.46. The fraction of sp³-hybridized carbons (Fsp3) is 0.562. The standard InChI is InChI=1S/C16H24N6O2S/c1-12(2)22-11-19-20-16(22)13-5-4-8-21(10-13)15-7-6-14(9-18-15)25(23,24)17-3/h6-7,9,11-13,17H,4-5,8,10H2,1-3H3. The number of nitrogens with one attached hydrogen (secondary N) is 1. The number of piperidine rings is 1. The van der Waals surface area contributed by atoms with E-state index < -0.39 is 10.0 Å². The minimum Gasteiger partial charge on any atom is -0.356 e. The molecule has 136 valence electrons. The first kappa shape index (κ1) is 17.8. The van der Waals surface area contributed by atoms with E-state index in [0.29, 0.717) is 12.0 Å². The Labute approximate surface area is 148 Å². The Balaban J connectivity index is 1.79. The molecule has 1 atom stereocenters. The van der Waals surface area contributed by atoms with Gasteiger partial charge in [0.2, 0.25) is 10.0 Å². The molecule has 0 spiro atoms. The molecule has 2 aromatic heterocycles. The number of pyridine rings is 1. The number of anilines is 1. The summed E-state index contributed by atoms with van der Waals surface area (Å²) >= 11 is 0. The topological polar surface area (TPSA) is 93.0 Å². The van der Waals surface area contributed by atoms with Crippen molar-refractivity contribution in [1.29, 1.82) is 0 Å². The third kappa shape index (κ3) is 3.67. The van der Waals surface area contributed by atoms with Crippen molar-refractivity contribution in [2.45, 2.75) is 43.5 Å². The van der Waals surface area contributed by atoms with E-state index in [-0.39, 0.29) is 4.90 Å². The van der Waals surface area contributed by atoms with Crippen molar-refractivity contribution in [3.8, 4) is 0 Å². The van der Waals surface area contributed by atoms with Crippen LogP contribution in [-0.4, -0.2) is 48.3 Å². The first-order chi connectivity index (χ1) is 11.9. The predicted molar refractivity (Wildman–Crippen MR) is 95.1 cm³/mol. The zero-order valence-corrected chi connectivity index (χ0v) is 15.6. The van der Waals surface area contributed by atoms with Gasteiger partial charge in [-0.25, -0.2) is 18.1 Å². The van der Waals surface area contributed by atoms with Gasteiger partial charge in [-0.15, -0.1) is 10.2 Å². The second-order valence-electron chi connectivity index (χ2n) is 6.53. The van der Waals surface area contributed by atoms with Gasteiger partial charge >= 0.3 is 0 Å². The molecule has 1 unspecified atom stereocenters. The molecule has 0 amide bonds. The number of hydrogen-bond acceptors (Lipinski definition) is 6. The fourth-order valence-corrected chi connectivity index (χ4v) is 3.85. The Bertz CT molecular complexity index is 815. The van der Waals surface area contributed by atoms with Crippen LogP contribution < -0.4 is 9.62 Å². The van der Waals surface area contributed by atoms with Gasteiger partial charge in [0.05, 0.1) is 0 Å². The Morgan fingerprint density at radius 3 is 2.76 bits per heavy atom. The lowest BCUT2D eigenvalue weighted by atomic mass is 9.97. The lowest BCUT2D eigenvalue weighted by Gasteiger charge is -2.33. The average molecular weight is 364 g/mol. The maximum absolute atomic E-state index is 11.8. The molecule has 3 heterocycles. The number of nitrogens with zero attached hydrogens (tertiary/aromatic N) is 5. The van der Waals surface area contributed by atoms with E-state index in [1.165, 1.54) is 13.2 Å². The van der Waals surface area contributed by atoms with Crippen LogP contribution in [0, 0.1) is 0 Å². The maximum Gasteiger partial charge on any atom is 0.241 e. The first-order valence-corrected chi connectivity index (χ1v) is 9.94. The van der Waals surface area contributed by atoms with Crippen LogP contribution in [0.4, 0.5) is 5.82 Å². The minimum absolute atomic E-state index is 0.173. The molecule has 1 aliphatic rings. The van der Waals surface area contributed by atoms with Crippen LogP contribution in [0.3, 0.4) is 0 Å². The Morgan fingerprint density at radius 1 is 1.32 bits per heavy atom. The molecule has 3 rings (SSSR count). The summed E-state index contributed by atoms with van der Waals surface area (Å²) in [6.07, 6.45) is 5.29. The molecule has 0 aromatic carbocycles. The molecule has 0 saturated carbocycles. The molecule has 25 heavy (non-hydrogen) atoms. The van der Waals surface area contributed by atoms with E-state index in [9.17, 15) is 8.42 Å². The second kappa shape index (κ2) is 7.09. The molecule has 1 aliphatic heterocycles. The smallest absolute Gasteiger partial charge is 0.241 e. The maximum atomic E-state index is 11.8. The summed E-state index contributed by atoms with van der Waals surface area (Å²) < 4.78 is 28.0. The molecular formula is C16H24N6O2S. The van der Waals surface area contributed by atoms with E-state index >= 15 is 0 Å². The SMILES string of the molecule is CNS(=O)(=O)c1ccc(N2CCCC(c3nncn3C(C)C)C2)nc1. The van der Waals surface area contributed by atoms with Gasteiger partial charge in [0.1, 0.15) is 22.9 Å². The van der Waals surface area contributed by atoms with Crippen LogP contribution in [-0.2, 0) is 10.0 Å². The third-order valence-electron chi connectivity index (χ3n) is 4.57. The summed E-state index contributed by atoms with van der Waals surface area (Å²) in [7, 11) is -2.07. The van der Waals surface area contributed by atoms with Gasteiger partial charge in [-0.1, -0.05) is 0 Å². The van der Waals surface area contributed by atoms with Gasteiger partial charge in [-0.05, 0) is 45.9 Å². The van der Waals surface area contributed by atoms with E-state index in [1.807, 2.05) is 0 Å². The summed E-state index contributed by atoms with van der Waals surface area (Å²) in [5.74, 6) is 2.09. The summed E-state index contributed by atoms with van der Waals surface area (Å²) in [6, 6.07) is 3.68. The molecule has 1 N–H and O–H groups in total. The third-order valence-corrected chi connectivity index (χ3v) is 5.97. The second-order valence-corrected chi connectivity index (χ2v) is 8.42. The lowest BCUT2D eigenvalue weighted by molar-refractivity contribution is 0.453. The quantitative estimate of drug-likeness (QED) is 0.865. The zero-order valence-electron chi connectivity index (χ0n) is 14.8. The number of aromatic nitrogens is 4. The van der Waals surface area contributed by atoms with Crippen LogP contribution in [0.25, 0.3) is 0 Å². The van der Waals surface area contributed by atoms with Crippen molar-refractivity contribution < 1.29 is 8.42 Å². The Morgan fingerprint density at radius 2 is 2.12 bits per heavy atom. The van der Waals surface area contributed by atoms with Crippen molar-refractivity contribution in [3.05, 3.63) is 30.5 Å². The van der Waals surface area contributed by atoms with Crippen molar-refractivity contribution >= 4 is 15.8 Å². The highest BCUT2D eigenvalue weighted by Crippen LogP contribution is 2.29. The highest BCUT2D eigenvalue weighted by molar-refractivity contribution is 7.89. The number of sulfonamides is 1. The minimum atomic E-state index is -3.46. The van der Waals surface area contributed by atoms with Crippen molar-refractivity contribution in [3.63, 3.8) is 0 Å². The molecule has 0 aliphatic carbocycles. The monoisotopic (exact) mass is 364 g/mol. The van der Waals surface area contributed by atoms with Gasteiger partial charge in [-0.3, -0.25) is 0 Å². The molecule has 0 bridgehead atoms. The predicted octanol–water partition coefficient (Wildman–Crippen LogP) is 1.55. The zero-order chi connectivity index (χ0) is 18.0. The largest absolute Gasteiger partial charge is 0.356 e. The molecule has 9 heteroatoms. The van der Waals surface area contributed by atoms with Crippen LogP contribution in [0.2, 0.25) is 0 Å². The van der Waals surface area contributed by atoms with Gasteiger partial charge in [0.15, 0.2) is 0 Å². The van der Waals surface area contributed by atoms with Crippen molar-refractivity contribution in [2.75, 3.05) is 25.0 Å². The summed E-state index contributed by atoms with van der Waals surface area (Å²) in [4.78, 5) is 6.71. The molecule has 2 aromatic rings. The van der Waals surface area contributed by atoms with E-state index in [0.717, 1.165) is 37.6 Å². The van der Waals surface area contributed by atoms with Crippen molar-refractivity contribution in [2.24, 2.45) is 0 Å². The summed E-state index contributed by atoms with van der Waals surface area (Å²) in [6.45, 7) is 5.94. The Hall–Kier alpha value is -2.00. The number of rotatable bonds is 5. The van der Waals surface area contributed by atoms with Gasteiger partial charge in [0, 0.05) is 31.2 Å². The average Bonchev–Trinajstić information content (AvgIpc) is 3.12.